The van der Waals surface area contributed by atoms with Gasteiger partial charge in [-0.25, -0.2) is 0 Å². The van der Waals surface area contributed by atoms with Crippen LogP contribution in [0.2, 0.25) is 0 Å². The van der Waals surface area contributed by atoms with Crippen molar-refractivity contribution in [3.8, 4) is 0 Å². The van der Waals surface area contributed by atoms with Crippen molar-refractivity contribution in [1.82, 2.24) is 4.90 Å². The summed E-state index contributed by atoms with van der Waals surface area (Å²) in [7, 11) is 1.73. The van der Waals surface area contributed by atoms with Crippen LogP contribution in [0.1, 0.15) is 20.3 Å². The van der Waals surface area contributed by atoms with Crippen molar-refractivity contribution in [2.24, 2.45) is 5.92 Å². The minimum absolute atomic E-state index is 0.263. The highest BCUT2D eigenvalue weighted by Crippen LogP contribution is 2.23. The molecule has 0 aliphatic carbocycles. The van der Waals surface area contributed by atoms with E-state index >= 15 is 0 Å². The second kappa shape index (κ2) is 4.94. The number of nitrogens with zero attached hydrogens (tertiary/aromatic N) is 1. The lowest BCUT2D eigenvalue weighted by atomic mass is 10.0. The molecule has 3 atom stereocenters. The molecule has 1 heterocycles. The summed E-state index contributed by atoms with van der Waals surface area (Å²) < 4.78 is 5.22. The highest BCUT2D eigenvalue weighted by molar-refractivity contribution is 4.84. The van der Waals surface area contributed by atoms with Gasteiger partial charge in [-0.15, -0.1) is 0 Å². The number of hydrogen-bond acceptors (Lipinski definition) is 3. The Morgan fingerprint density at radius 2 is 2.31 bits per heavy atom. The zero-order valence-corrected chi connectivity index (χ0v) is 8.86. The number of ether oxygens (including phenoxy) is 1. The third-order valence-electron chi connectivity index (χ3n) is 3.08. The van der Waals surface area contributed by atoms with E-state index in [9.17, 15) is 5.11 Å². The molecule has 0 amide bonds. The van der Waals surface area contributed by atoms with Crippen LogP contribution in [0.5, 0.6) is 0 Å². The van der Waals surface area contributed by atoms with Crippen LogP contribution in [0.3, 0.4) is 0 Å². The van der Waals surface area contributed by atoms with E-state index in [2.05, 4.69) is 18.7 Å². The lowest BCUT2D eigenvalue weighted by molar-refractivity contribution is 0.0549. The highest BCUT2D eigenvalue weighted by atomic mass is 16.5. The largest absolute Gasteiger partial charge is 0.395 e. The highest BCUT2D eigenvalue weighted by Gasteiger charge is 2.30. The first kappa shape index (κ1) is 11.0. The van der Waals surface area contributed by atoms with Crippen LogP contribution in [-0.2, 0) is 4.74 Å². The van der Waals surface area contributed by atoms with Crippen LogP contribution >= 0.6 is 0 Å². The smallest absolute Gasteiger partial charge is 0.0670 e. The average Bonchev–Trinajstić information content (AvgIpc) is 2.46. The molecule has 0 saturated carbocycles. The van der Waals surface area contributed by atoms with Crippen LogP contribution in [0.4, 0.5) is 0 Å². The fourth-order valence-corrected chi connectivity index (χ4v) is 2.01. The van der Waals surface area contributed by atoms with Crippen molar-refractivity contribution in [3.63, 3.8) is 0 Å². The molecule has 1 aliphatic rings. The first-order valence-corrected chi connectivity index (χ1v) is 5.06. The SMILES string of the molecule is COC(C)CN1CCC(C)C1CO. The van der Waals surface area contributed by atoms with Gasteiger partial charge in [0.2, 0.25) is 0 Å². The number of rotatable bonds is 4. The summed E-state index contributed by atoms with van der Waals surface area (Å²) in [4.78, 5) is 2.33. The van der Waals surface area contributed by atoms with E-state index < -0.39 is 0 Å². The molecule has 1 fully saturated rings. The van der Waals surface area contributed by atoms with Crippen LogP contribution in [0.25, 0.3) is 0 Å². The number of methoxy groups -OCH3 is 1. The van der Waals surface area contributed by atoms with E-state index in [1.807, 2.05) is 0 Å². The van der Waals surface area contributed by atoms with Gasteiger partial charge in [-0.05, 0) is 25.8 Å². The standard InChI is InChI=1S/C10H21NO2/c1-8-4-5-11(10(8)7-12)6-9(2)13-3/h8-10,12H,4-7H2,1-3H3. The molecule has 1 rings (SSSR count). The number of likely N-dealkylation sites (tertiary alicyclic amines) is 1. The number of aliphatic hydroxyl groups excluding tert-OH is 1. The second-order valence-electron chi connectivity index (χ2n) is 4.06. The lowest BCUT2D eigenvalue weighted by Crippen LogP contribution is -2.39. The Balaban J connectivity index is 2.41. The van der Waals surface area contributed by atoms with E-state index in [0.717, 1.165) is 13.1 Å². The molecule has 3 heteroatoms. The van der Waals surface area contributed by atoms with Crippen LogP contribution < -0.4 is 0 Å². The molecular weight excluding hydrogens is 166 g/mol. The Morgan fingerprint density at radius 3 is 2.85 bits per heavy atom. The van der Waals surface area contributed by atoms with Crippen LogP contribution in [-0.4, -0.2) is 49.0 Å². The topological polar surface area (TPSA) is 32.7 Å². The van der Waals surface area contributed by atoms with E-state index in [4.69, 9.17) is 4.74 Å². The Hall–Kier alpha value is -0.120. The van der Waals surface area contributed by atoms with Crippen molar-refractivity contribution >= 4 is 0 Å². The van der Waals surface area contributed by atoms with Gasteiger partial charge in [-0.3, -0.25) is 4.90 Å². The van der Waals surface area contributed by atoms with Gasteiger partial charge in [-0.1, -0.05) is 6.92 Å². The minimum atomic E-state index is 0.263. The maximum atomic E-state index is 9.21. The maximum absolute atomic E-state index is 9.21. The Labute approximate surface area is 80.7 Å². The summed E-state index contributed by atoms with van der Waals surface area (Å²) in [5.74, 6) is 0.619. The van der Waals surface area contributed by atoms with Gasteiger partial charge < -0.3 is 9.84 Å². The molecule has 0 radical (unpaired) electrons. The van der Waals surface area contributed by atoms with Crippen molar-refractivity contribution < 1.29 is 9.84 Å². The fraction of sp³-hybridized carbons (Fsp3) is 1.00. The Morgan fingerprint density at radius 1 is 1.62 bits per heavy atom. The van der Waals surface area contributed by atoms with E-state index in [0.29, 0.717) is 12.0 Å². The molecule has 0 bridgehead atoms. The summed E-state index contributed by atoms with van der Waals surface area (Å²) in [5.41, 5.74) is 0. The number of hydrogen-bond donors (Lipinski definition) is 1. The lowest BCUT2D eigenvalue weighted by Gasteiger charge is -2.27. The van der Waals surface area contributed by atoms with Gasteiger partial charge in [0, 0.05) is 19.7 Å². The van der Waals surface area contributed by atoms with Gasteiger partial charge in [0.25, 0.3) is 0 Å². The van der Waals surface area contributed by atoms with E-state index in [-0.39, 0.29) is 12.7 Å². The van der Waals surface area contributed by atoms with Crippen molar-refractivity contribution in [3.05, 3.63) is 0 Å². The summed E-state index contributed by atoms with van der Waals surface area (Å²) >= 11 is 0. The monoisotopic (exact) mass is 187 g/mol. The molecule has 0 spiro atoms. The van der Waals surface area contributed by atoms with E-state index in [1.54, 1.807) is 7.11 Å². The molecule has 1 aliphatic heterocycles. The molecule has 13 heavy (non-hydrogen) atoms. The molecule has 1 saturated heterocycles. The number of aliphatic hydroxyl groups is 1. The summed E-state index contributed by atoms with van der Waals surface area (Å²) in [5, 5.41) is 9.21. The fourth-order valence-electron chi connectivity index (χ4n) is 2.01. The quantitative estimate of drug-likeness (QED) is 0.704. The predicted octanol–water partition coefficient (Wildman–Crippen LogP) is 0.724. The van der Waals surface area contributed by atoms with Crippen molar-refractivity contribution in [2.75, 3.05) is 26.8 Å². The molecule has 0 aromatic heterocycles. The van der Waals surface area contributed by atoms with Gasteiger partial charge in [0.05, 0.1) is 12.7 Å². The normalized spacial score (nSPS) is 32.3. The Kier molecular flexibility index (Phi) is 4.16. The van der Waals surface area contributed by atoms with Crippen LogP contribution in [0, 0.1) is 5.92 Å². The zero-order chi connectivity index (χ0) is 9.84. The van der Waals surface area contributed by atoms with Crippen LogP contribution in [0.15, 0.2) is 0 Å². The Bertz CT molecular complexity index is 152. The molecule has 3 nitrogen and oxygen atoms in total. The van der Waals surface area contributed by atoms with Crippen molar-refractivity contribution in [2.45, 2.75) is 32.4 Å². The van der Waals surface area contributed by atoms with Gasteiger partial charge >= 0.3 is 0 Å². The molecular formula is C10H21NO2. The molecule has 0 aromatic rings. The molecule has 0 aromatic carbocycles. The third kappa shape index (κ3) is 2.66. The van der Waals surface area contributed by atoms with Gasteiger partial charge in [0.15, 0.2) is 0 Å². The first-order valence-electron chi connectivity index (χ1n) is 5.06. The summed E-state index contributed by atoms with van der Waals surface area (Å²) in [6.07, 6.45) is 1.46. The van der Waals surface area contributed by atoms with E-state index in [1.165, 1.54) is 6.42 Å². The first-order chi connectivity index (χ1) is 6.19. The predicted molar refractivity (Wildman–Crippen MR) is 52.7 cm³/mol. The molecule has 1 N–H and O–H groups in total. The molecule has 78 valence electrons. The molecule has 3 unspecified atom stereocenters. The summed E-state index contributed by atoms with van der Waals surface area (Å²) in [6.45, 7) is 6.58. The van der Waals surface area contributed by atoms with Crippen molar-refractivity contribution in [1.29, 1.82) is 0 Å². The van der Waals surface area contributed by atoms with Gasteiger partial charge in [0.1, 0.15) is 0 Å². The average molecular weight is 187 g/mol. The maximum Gasteiger partial charge on any atom is 0.0670 e. The third-order valence-corrected chi connectivity index (χ3v) is 3.08. The minimum Gasteiger partial charge on any atom is -0.395 e. The second-order valence-corrected chi connectivity index (χ2v) is 4.06. The zero-order valence-electron chi connectivity index (χ0n) is 8.86. The summed E-state index contributed by atoms with van der Waals surface area (Å²) in [6, 6.07) is 0.345. The van der Waals surface area contributed by atoms with Gasteiger partial charge in [-0.2, -0.15) is 0 Å².